The Hall–Kier alpha value is -1.85. The average molecular weight is 309 g/mol. The fourth-order valence-electron chi connectivity index (χ4n) is 1.66. The van der Waals surface area contributed by atoms with Crippen LogP contribution in [0.2, 0.25) is 0 Å². The lowest BCUT2D eigenvalue weighted by Gasteiger charge is -2.08. The number of benzene rings is 1. The van der Waals surface area contributed by atoms with Gasteiger partial charge in [0.15, 0.2) is 0 Å². The maximum absolute atomic E-state index is 12.2. The van der Waals surface area contributed by atoms with E-state index < -0.39 is 0 Å². The van der Waals surface area contributed by atoms with Crippen molar-refractivity contribution in [1.82, 2.24) is 0 Å². The lowest BCUT2D eigenvalue weighted by Crippen LogP contribution is -2.17. The molecule has 0 aliphatic rings. The number of aryl methyl sites for hydroxylation is 1. The second-order valence-electron chi connectivity index (χ2n) is 4.11. The summed E-state index contributed by atoms with van der Waals surface area (Å²) in [5, 5.41) is 7.18. The third-order valence-corrected chi connectivity index (χ3v) is 3.82. The SMILES string of the molecule is Cc1ccccc1NC(=O)c1sccc1NC(=O)CCl. The van der Waals surface area contributed by atoms with Crippen molar-refractivity contribution in [3.05, 3.63) is 46.2 Å². The zero-order chi connectivity index (χ0) is 14.5. The van der Waals surface area contributed by atoms with E-state index in [-0.39, 0.29) is 17.7 Å². The van der Waals surface area contributed by atoms with E-state index in [1.165, 1.54) is 11.3 Å². The number of anilines is 2. The van der Waals surface area contributed by atoms with Crippen LogP contribution in [-0.2, 0) is 4.79 Å². The van der Waals surface area contributed by atoms with Gasteiger partial charge in [0.05, 0.1) is 5.69 Å². The summed E-state index contributed by atoms with van der Waals surface area (Å²) in [6, 6.07) is 9.19. The van der Waals surface area contributed by atoms with Crippen LogP contribution in [0.25, 0.3) is 0 Å². The fraction of sp³-hybridized carbons (Fsp3) is 0.143. The van der Waals surface area contributed by atoms with Crippen LogP contribution in [0.5, 0.6) is 0 Å². The number of nitrogens with one attached hydrogen (secondary N) is 2. The van der Waals surface area contributed by atoms with Gasteiger partial charge in [0.2, 0.25) is 5.91 Å². The van der Waals surface area contributed by atoms with E-state index in [4.69, 9.17) is 11.6 Å². The maximum atomic E-state index is 12.2. The molecule has 0 saturated heterocycles. The molecule has 0 aliphatic heterocycles. The van der Waals surface area contributed by atoms with Gasteiger partial charge in [0, 0.05) is 5.69 Å². The normalized spacial score (nSPS) is 10.1. The van der Waals surface area contributed by atoms with Crippen LogP contribution in [0.15, 0.2) is 35.7 Å². The Labute approximate surface area is 125 Å². The van der Waals surface area contributed by atoms with Crippen LogP contribution >= 0.6 is 22.9 Å². The van der Waals surface area contributed by atoms with Gasteiger partial charge in [-0.3, -0.25) is 9.59 Å². The highest BCUT2D eigenvalue weighted by atomic mass is 35.5. The largest absolute Gasteiger partial charge is 0.324 e. The van der Waals surface area contributed by atoms with Gasteiger partial charge in [0.1, 0.15) is 10.8 Å². The number of carbonyl (C=O) groups excluding carboxylic acids is 2. The summed E-state index contributed by atoms with van der Waals surface area (Å²) in [7, 11) is 0. The molecule has 0 atom stereocenters. The minimum atomic E-state index is -0.338. The highest BCUT2D eigenvalue weighted by molar-refractivity contribution is 7.12. The van der Waals surface area contributed by atoms with Crippen molar-refractivity contribution in [2.24, 2.45) is 0 Å². The van der Waals surface area contributed by atoms with Crippen LogP contribution in [0.3, 0.4) is 0 Å². The first-order valence-electron chi connectivity index (χ1n) is 5.92. The van der Waals surface area contributed by atoms with E-state index in [9.17, 15) is 9.59 Å². The topological polar surface area (TPSA) is 58.2 Å². The highest BCUT2D eigenvalue weighted by Gasteiger charge is 2.15. The molecule has 0 aliphatic carbocycles. The quantitative estimate of drug-likeness (QED) is 0.849. The molecule has 0 spiro atoms. The van der Waals surface area contributed by atoms with Gasteiger partial charge in [-0.25, -0.2) is 0 Å². The first kappa shape index (κ1) is 14.6. The molecular formula is C14H13ClN2O2S. The molecule has 104 valence electrons. The monoisotopic (exact) mass is 308 g/mol. The Morgan fingerprint density at radius 1 is 1.15 bits per heavy atom. The number of amides is 2. The third kappa shape index (κ3) is 3.37. The highest BCUT2D eigenvalue weighted by Crippen LogP contribution is 2.24. The predicted molar refractivity (Wildman–Crippen MR) is 82.8 cm³/mol. The molecule has 0 unspecified atom stereocenters. The molecular weight excluding hydrogens is 296 g/mol. The van der Waals surface area contributed by atoms with E-state index in [2.05, 4.69) is 10.6 Å². The second-order valence-corrected chi connectivity index (χ2v) is 5.30. The second kappa shape index (κ2) is 6.54. The molecule has 0 saturated carbocycles. The van der Waals surface area contributed by atoms with Crippen LogP contribution < -0.4 is 10.6 Å². The Kier molecular flexibility index (Phi) is 4.76. The molecule has 1 heterocycles. The summed E-state index contributed by atoms with van der Waals surface area (Å²) in [6.45, 7) is 1.92. The van der Waals surface area contributed by atoms with Crippen molar-refractivity contribution < 1.29 is 9.59 Å². The molecule has 4 nitrogen and oxygen atoms in total. The summed E-state index contributed by atoms with van der Waals surface area (Å²) >= 11 is 6.71. The smallest absolute Gasteiger partial charge is 0.267 e. The predicted octanol–water partition coefficient (Wildman–Crippen LogP) is 3.49. The zero-order valence-corrected chi connectivity index (χ0v) is 12.3. The van der Waals surface area contributed by atoms with E-state index in [1.54, 1.807) is 11.4 Å². The molecule has 2 amide bonds. The first-order valence-corrected chi connectivity index (χ1v) is 7.33. The number of carbonyl (C=O) groups is 2. The Bertz CT molecular complexity index is 640. The van der Waals surface area contributed by atoms with E-state index >= 15 is 0 Å². The van der Waals surface area contributed by atoms with E-state index in [1.807, 2.05) is 31.2 Å². The van der Waals surface area contributed by atoms with Gasteiger partial charge in [-0.1, -0.05) is 18.2 Å². The van der Waals surface area contributed by atoms with Crippen LogP contribution in [0, 0.1) is 6.92 Å². The molecule has 2 N–H and O–H groups in total. The summed E-state index contributed by atoms with van der Waals surface area (Å²) < 4.78 is 0. The average Bonchev–Trinajstić information content (AvgIpc) is 2.89. The van der Waals surface area contributed by atoms with Gasteiger partial charge in [-0.15, -0.1) is 22.9 Å². The number of rotatable bonds is 4. The summed E-state index contributed by atoms with van der Waals surface area (Å²) in [4.78, 5) is 24.0. The first-order chi connectivity index (χ1) is 9.61. The van der Waals surface area contributed by atoms with Gasteiger partial charge in [-0.2, -0.15) is 0 Å². The molecule has 0 bridgehead atoms. The maximum Gasteiger partial charge on any atom is 0.267 e. The fourth-order valence-corrected chi connectivity index (χ4v) is 2.47. The van der Waals surface area contributed by atoms with Gasteiger partial charge in [0.25, 0.3) is 5.91 Å². The molecule has 6 heteroatoms. The Balaban J connectivity index is 2.16. The number of hydrogen-bond donors (Lipinski definition) is 2. The van der Waals surface area contributed by atoms with Gasteiger partial charge >= 0.3 is 0 Å². The number of halogens is 1. The molecule has 0 fully saturated rings. The Morgan fingerprint density at radius 3 is 2.60 bits per heavy atom. The summed E-state index contributed by atoms with van der Waals surface area (Å²) in [6.07, 6.45) is 0. The van der Waals surface area contributed by atoms with Crippen molar-refractivity contribution in [3.63, 3.8) is 0 Å². The standard InChI is InChI=1S/C14H13ClN2O2S/c1-9-4-2-3-5-10(9)17-14(19)13-11(6-7-20-13)16-12(18)8-15/h2-7H,8H2,1H3,(H,16,18)(H,17,19). The van der Waals surface area contributed by atoms with Gasteiger partial charge in [-0.05, 0) is 30.0 Å². The van der Waals surface area contributed by atoms with E-state index in [0.29, 0.717) is 10.6 Å². The minimum absolute atomic E-state index is 0.144. The van der Waals surface area contributed by atoms with Crippen molar-refractivity contribution >= 4 is 46.1 Å². The number of para-hydroxylation sites is 1. The van der Waals surface area contributed by atoms with Crippen LogP contribution in [-0.4, -0.2) is 17.7 Å². The van der Waals surface area contributed by atoms with Crippen molar-refractivity contribution in [1.29, 1.82) is 0 Å². The zero-order valence-electron chi connectivity index (χ0n) is 10.8. The van der Waals surface area contributed by atoms with Crippen molar-refractivity contribution in [2.75, 3.05) is 16.5 Å². The van der Waals surface area contributed by atoms with Crippen molar-refractivity contribution in [3.8, 4) is 0 Å². The number of hydrogen-bond acceptors (Lipinski definition) is 3. The third-order valence-electron chi connectivity index (χ3n) is 2.66. The van der Waals surface area contributed by atoms with E-state index in [0.717, 1.165) is 11.3 Å². The lowest BCUT2D eigenvalue weighted by molar-refractivity contribution is -0.113. The molecule has 2 rings (SSSR count). The number of thiophene rings is 1. The van der Waals surface area contributed by atoms with Gasteiger partial charge < -0.3 is 10.6 Å². The minimum Gasteiger partial charge on any atom is -0.324 e. The van der Waals surface area contributed by atoms with Crippen molar-refractivity contribution in [2.45, 2.75) is 6.92 Å². The molecule has 1 aromatic heterocycles. The molecule has 0 radical (unpaired) electrons. The number of alkyl halides is 1. The molecule has 1 aromatic carbocycles. The summed E-state index contributed by atoms with van der Waals surface area (Å²) in [5.41, 5.74) is 2.20. The summed E-state index contributed by atoms with van der Waals surface area (Å²) in [5.74, 6) is -0.733. The Morgan fingerprint density at radius 2 is 1.90 bits per heavy atom. The lowest BCUT2D eigenvalue weighted by atomic mass is 10.2. The van der Waals surface area contributed by atoms with Crippen LogP contribution in [0.1, 0.15) is 15.2 Å². The molecule has 2 aromatic rings. The van der Waals surface area contributed by atoms with Crippen LogP contribution in [0.4, 0.5) is 11.4 Å². The molecule has 20 heavy (non-hydrogen) atoms.